The lowest BCUT2D eigenvalue weighted by molar-refractivity contribution is -0.122. The fourth-order valence-corrected chi connectivity index (χ4v) is 3.72. The number of furan rings is 1. The van der Waals surface area contributed by atoms with Crippen molar-refractivity contribution in [3.05, 3.63) is 82.6 Å². The molecule has 10 heteroatoms. The lowest BCUT2D eigenvalue weighted by Crippen LogP contribution is -2.54. The van der Waals surface area contributed by atoms with E-state index in [0.29, 0.717) is 22.6 Å². The highest BCUT2D eigenvalue weighted by atomic mass is 32.1. The molecule has 0 spiro atoms. The molecule has 0 radical (unpaired) electrons. The Labute approximate surface area is 197 Å². The second kappa shape index (κ2) is 8.75. The van der Waals surface area contributed by atoms with E-state index in [1.54, 1.807) is 25.1 Å². The third kappa shape index (κ3) is 4.21. The highest BCUT2D eigenvalue weighted by Crippen LogP contribution is 2.28. The zero-order valence-electron chi connectivity index (χ0n) is 17.6. The molecular formula is C24H16N2O7S. The van der Waals surface area contributed by atoms with Crippen molar-refractivity contribution in [3.63, 3.8) is 0 Å². The summed E-state index contributed by atoms with van der Waals surface area (Å²) in [6, 6.07) is 13.3. The van der Waals surface area contributed by atoms with E-state index in [1.807, 2.05) is 0 Å². The van der Waals surface area contributed by atoms with Crippen molar-refractivity contribution in [3.8, 4) is 11.3 Å². The first kappa shape index (κ1) is 22.6. The lowest BCUT2D eigenvalue weighted by atomic mass is 10.0. The molecule has 34 heavy (non-hydrogen) atoms. The molecule has 1 aliphatic heterocycles. The number of rotatable bonds is 5. The maximum Gasteiger partial charge on any atom is 0.335 e. The topological polar surface area (TPSA) is 137 Å². The third-order valence-electron chi connectivity index (χ3n) is 5.13. The number of thiocarbonyl (C=S) groups is 1. The van der Waals surface area contributed by atoms with Gasteiger partial charge >= 0.3 is 11.9 Å². The fraction of sp³-hybridized carbons (Fsp3) is 0.0417. The highest BCUT2D eigenvalue weighted by Gasteiger charge is 2.34. The number of amides is 2. The van der Waals surface area contributed by atoms with Gasteiger partial charge in [0.2, 0.25) is 0 Å². The molecule has 0 saturated carbocycles. The summed E-state index contributed by atoms with van der Waals surface area (Å²) in [6.07, 6.45) is 1.28. The molecule has 0 unspecified atom stereocenters. The van der Waals surface area contributed by atoms with Crippen LogP contribution in [0.5, 0.6) is 0 Å². The Morgan fingerprint density at radius 3 is 2.24 bits per heavy atom. The van der Waals surface area contributed by atoms with Crippen molar-refractivity contribution in [2.45, 2.75) is 6.92 Å². The first-order valence-electron chi connectivity index (χ1n) is 9.84. The summed E-state index contributed by atoms with van der Waals surface area (Å²) in [7, 11) is 0. The molecular weight excluding hydrogens is 460 g/mol. The predicted molar refractivity (Wildman–Crippen MR) is 125 cm³/mol. The minimum atomic E-state index is -1.12. The first-order chi connectivity index (χ1) is 16.2. The van der Waals surface area contributed by atoms with E-state index in [4.69, 9.17) is 26.8 Å². The van der Waals surface area contributed by atoms with Crippen LogP contribution in [0.15, 0.2) is 64.6 Å². The molecule has 0 aliphatic carbocycles. The Bertz CT molecular complexity index is 1400. The van der Waals surface area contributed by atoms with Crippen LogP contribution < -0.4 is 10.2 Å². The number of benzene rings is 2. The summed E-state index contributed by atoms with van der Waals surface area (Å²) < 4.78 is 5.79. The second-order valence-electron chi connectivity index (χ2n) is 7.35. The first-order valence-corrected chi connectivity index (χ1v) is 10.3. The van der Waals surface area contributed by atoms with Crippen LogP contribution in [0.3, 0.4) is 0 Å². The molecule has 9 nitrogen and oxygen atoms in total. The highest BCUT2D eigenvalue weighted by molar-refractivity contribution is 7.80. The van der Waals surface area contributed by atoms with Crippen LogP contribution in [0.1, 0.15) is 32.0 Å². The van der Waals surface area contributed by atoms with Crippen molar-refractivity contribution in [2.24, 2.45) is 0 Å². The summed E-state index contributed by atoms with van der Waals surface area (Å²) in [5.41, 5.74) is 1.59. The monoisotopic (exact) mass is 476 g/mol. The van der Waals surface area contributed by atoms with Crippen LogP contribution in [0.4, 0.5) is 5.69 Å². The Morgan fingerprint density at radius 1 is 0.971 bits per heavy atom. The minimum absolute atomic E-state index is 0.0359. The molecule has 3 aromatic rings. The molecule has 2 aromatic carbocycles. The normalized spacial score (nSPS) is 14.9. The lowest BCUT2D eigenvalue weighted by Gasteiger charge is -2.28. The number of aromatic carboxylic acids is 2. The Morgan fingerprint density at radius 2 is 1.62 bits per heavy atom. The van der Waals surface area contributed by atoms with Crippen LogP contribution in [-0.4, -0.2) is 39.1 Å². The van der Waals surface area contributed by atoms with Gasteiger partial charge in [-0.1, -0.05) is 6.07 Å². The Kier molecular flexibility index (Phi) is 5.82. The van der Waals surface area contributed by atoms with E-state index in [2.05, 4.69) is 5.32 Å². The van der Waals surface area contributed by atoms with Crippen molar-refractivity contribution < 1.29 is 33.8 Å². The number of nitrogens with one attached hydrogen (secondary N) is 1. The number of anilines is 1. The van der Waals surface area contributed by atoms with Gasteiger partial charge in [-0.2, -0.15) is 0 Å². The summed E-state index contributed by atoms with van der Waals surface area (Å²) in [6.45, 7) is 1.75. The molecule has 1 aliphatic rings. The molecule has 170 valence electrons. The van der Waals surface area contributed by atoms with Gasteiger partial charge in [0.05, 0.1) is 16.8 Å². The van der Waals surface area contributed by atoms with E-state index < -0.39 is 23.8 Å². The number of carboxylic acids is 2. The third-order valence-corrected chi connectivity index (χ3v) is 5.41. The summed E-state index contributed by atoms with van der Waals surface area (Å²) in [4.78, 5) is 48.9. The standard InChI is InChI=1S/C24H16N2O7S/c1-12-10-14(23(31)32)4-8-17(12)19-9-7-16(33-19)11-18-20(27)25-24(34)26(21(18)28)15-5-2-13(3-6-15)22(29)30/h2-11H,1H3,(H,29,30)(H,31,32)(H,25,27,34)/b18-11+. The van der Waals surface area contributed by atoms with Crippen molar-refractivity contribution in [2.75, 3.05) is 4.90 Å². The fourth-order valence-electron chi connectivity index (χ4n) is 3.44. The van der Waals surface area contributed by atoms with E-state index in [9.17, 15) is 19.2 Å². The molecule has 4 rings (SSSR count). The van der Waals surface area contributed by atoms with Gasteiger partial charge in [0.1, 0.15) is 17.1 Å². The molecule has 0 atom stereocenters. The number of carbonyl (C=O) groups is 4. The van der Waals surface area contributed by atoms with Gasteiger partial charge < -0.3 is 14.6 Å². The largest absolute Gasteiger partial charge is 0.478 e. The van der Waals surface area contributed by atoms with E-state index in [-0.39, 0.29) is 27.6 Å². The molecule has 3 N–H and O–H groups in total. The number of hydrogen-bond donors (Lipinski definition) is 3. The van der Waals surface area contributed by atoms with Gasteiger partial charge in [0.15, 0.2) is 5.11 Å². The van der Waals surface area contributed by atoms with Crippen LogP contribution >= 0.6 is 12.2 Å². The van der Waals surface area contributed by atoms with Crippen LogP contribution in [0.2, 0.25) is 0 Å². The van der Waals surface area contributed by atoms with Crippen molar-refractivity contribution in [1.82, 2.24) is 5.32 Å². The van der Waals surface area contributed by atoms with Crippen molar-refractivity contribution in [1.29, 1.82) is 0 Å². The SMILES string of the molecule is Cc1cc(C(=O)O)ccc1-c1ccc(/C=C2\C(=O)NC(=S)N(c3ccc(C(=O)O)cc3)C2=O)o1. The van der Waals surface area contributed by atoms with E-state index in [1.165, 1.54) is 42.5 Å². The van der Waals surface area contributed by atoms with E-state index >= 15 is 0 Å². The summed E-state index contributed by atoms with van der Waals surface area (Å²) >= 11 is 5.14. The van der Waals surface area contributed by atoms with Crippen molar-refractivity contribution >= 4 is 52.8 Å². The zero-order chi connectivity index (χ0) is 24.6. The average Bonchev–Trinajstić information content (AvgIpc) is 3.25. The van der Waals surface area contributed by atoms with Gasteiger partial charge in [0, 0.05) is 5.56 Å². The summed E-state index contributed by atoms with van der Waals surface area (Å²) in [5, 5.41) is 20.5. The van der Waals surface area contributed by atoms with Crippen LogP contribution in [0.25, 0.3) is 17.4 Å². The molecule has 1 aromatic heterocycles. The maximum atomic E-state index is 13.1. The smallest absolute Gasteiger partial charge is 0.335 e. The molecule has 2 amide bonds. The quantitative estimate of drug-likeness (QED) is 0.289. The molecule has 0 bridgehead atoms. The predicted octanol–water partition coefficient (Wildman–Crippen LogP) is 3.48. The Balaban J connectivity index is 1.65. The van der Waals surface area contributed by atoms with Gasteiger partial charge in [-0.15, -0.1) is 0 Å². The number of carboxylic acid groups (broad SMARTS) is 2. The maximum absolute atomic E-state index is 13.1. The minimum Gasteiger partial charge on any atom is -0.478 e. The number of aryl methyl sites for hydroxylation is 1. The average molecular weight is 476 g/mol. The van der Waals surface area contributed by atoms with Crippen LogP contribution in [0, 0.1) is 6.92 Å². The van der Waals surface area contributed by atoms with Gasteiger partial charge in [-0.05, 0) is 79.3 Å². The van der Waals surface area contributed by atoms with Gasteiger partial charge in [-0.3, -0.25) is 19.8 Å². The second-order valence-corrected chi connectivity index (χ2v) is 7.73. The Hall–Kier alpha value is -4.57. The van der Waals surface area contributed by atoms with Gasteiger partial charge in [-0.25, -0.2) is 9.59 Å². The number of carbonyl (C=O) groups excluding carboxylic acids is 2. The van der Waals surface area contributed by atoms with E-state index in [0.717, 1.165) is 4.90 Å². The zero-order valence-corrected chi connectivity index (χ0v) is 18.4. The molecule has 2 heterocycles. The molecule has 1 saturated heterocycles. The van der Waals surface area contributed by atoms with Crippen LogP contribution in [-0.2, 0) is 9.59 Å². The van der Waals surface area contributed by atoms with Gasteiger partial charge in [0.25, 0.3) is 11.8 Å². The summed E-state index contributed by atoms with van der Waals surface area (Å²) in [5.74, 6) is -2.90. The molecule has 1 fully saturated rings. The number of nitrogens with zero attached hydrogens (tertiary/aromatic N) is 1. The number of hydrogen-bond acceptors (Lipinski definition) is 6.